The summed E-state index contributed by atoms with van der Waals surface area (Å²) >= 11 is -0.763. The van der Waals surface area contributed by atoms with Crippen LogP contribution in [0.3, 0.4) is 0 Å². The van der Waals surface area contributed by atoms with Gasteiger partial charge in [0.2, 0.25) is 0 Å². The fraction of sp³-hybridized carbons (Fsp3) is 0.273. The predicted octanol–water partition coefficient (Wildman–Crippen LogP) is 3.26. The van der Waals surface area contributed by atoms with Crippen LogP contribution in [0.4, 0.5) is 18.9 Å². The summed E-state index contributed by atoms with van der Waals surface area (Å²) < 4.78 is 42.2. The summed E-state index contributed by atoms with van der Waals surface area (Å²) in [6, 6.07) is 3.12. The molecule has 21 heavy (non-hydrogen) atoms. The fourth-order valence-corrected chi connectivity index (χ4v) is 2.18. The summed E-state index contributed by atoms with van der Waals surface area (Å²) in [4.78, 5) is 20.8. The van der Waals surface area contributed by atoms with Gasteiger partial charge in [-0.05, 0) is 24.8 Å². The van der Waals surface area contributed by atoms with Crippen LogP contribution in [-0.4, -0.2) is 23.0 Å². The normalized spacial score (nSPS) is 10.8. The number of ether oxygens (including phenoxy) is 1. The number of nitro groups is 1. The van der Waals surface area contributed by atoms with Crippen LogP contribution in [0.1, 0.15) is 22.8 Å². The zero-order valence-electron chi connectivity index (χ0n) is 10.4. The molecular weight excluding hydrogens is 313 g/mol. The van der Waals surface area contributed by atoms with Gasteiger partial charge in [0.1, 0.15) is 6.07 Å². The third-order valence-electron chi connectivity index (χ3n) is 2.15. The van der Waals surface area contributed by atoms with Gasteiger partial charge >= 0.3 is 11.5 Å². The van der Waals surface area contributed by atoms with E-state index in [0.29, 0.717) is 0 Å². The number of thioether (sulfide) groups is 1. The van der Waals surface area contributed by atoms with Crippen molar-refractivity contribution in [3.63, 3.8) is 0 Å². The van der Waals surface area contributed by atoms with Gasteiger partial charge in [-0.25, -0.2) is 4.79 Å². The Balaban J connectivity index is 3.61. The number of hydrogen-bond acceptors (Lipinski definition) is 6. The third kappa shape index (κ3) is 4.09. The Hall–Kier alpha value is -2.28. The van der Waals surface area contributed by atoms with Crippen LogP contribution in [0.15, 0.2) is 17.0 Å². The van der Waals surface area contributed by atoms with E-state index >= 15 is 0 Å². The lowest BCUT2D eigenvalue weighted by molar-refractivity contribution is -0.385. The van der Waals surface area contributed by atoms with E-state index in [-0.39, 0.29) is 6.61 Å². The number of nitro benzene ring substituents is 1. The lowest BCUT2D eigenvalue weighted by atomic mass is 10.1. The van der Waals surface area contributed by atoms with Gasteiger partial charge in [-0.3, -0.25) is 10.1 Å². The van der Waals surface area contributed by atoms with Gasteiger partial charge < -0.3 is 4.74 Å². The number of carbonyl (C=O) groups excluding carboxylic acids is 1. The van der Waals surface area contributed by atoms with Gasteiger partial charge in [-0.1, -0.05) is 0 Å². The number of carbonyl (C=O) groups is 1. The number of nitrogens with zero attached hydrogens (tertiary/aromatic N) is 2. The highest BCUT2D eigenvalue weighted by atomic mass is 32.2. The highest BCUT2D eigenvalue weighted by Crippen LogP contribution is 2.43. The molecule has 0 aromatic heterocycles. The van der Waals surface area contributed by atoms with Gasteiger partial charge in [-0.15, -0.1) is 0 Å². The lowest BCUT2D eigenvalue weighted by Gasteiger charge is -2.12. The average molecular weight is 320 g/mol. The monoisotopic (exact) mass is 320 g/mol. The summed E-state index contributed by atoms with van der Waals surface area (Å²) in [6.45, 7) is 1.22. The second-order valence-corrected chi connectivity index (χ2v) is 4.55. The van der Waals surface area contributed by atoms with E-state index in [0.717, 1.165) is 12.1 Å². The molecular formula is C11H7F3N2O4S. The first-order chi connectivity index (χ1) is 9.71. The molecule has 0 unspecified atom stereocenters. The summed E-state index contributed by atoms with van der Waals surface area (Å²) in [5.41, 5.74) is -7.03. The molecule has 0 bridgehead atoms. The maximum Gasteiger partial charge on any atom is 0.446 e. The third-order valence-corrected chi connectivity index (χ3v) is 3.01. The highest BCUT2D eigenvalue weighted by Gasteiger charge is 2.37. The maximum absolute atomic E-state index is 12.6. The Kier molecular flexibility index (Phi) is 5.15. The Labute approximate surface area is 120 Å². The smallest absolute Gasteiger partial charge is 0.446 e. The van der Waals surface area contributed by atoms with Gasteiger partial charge in [0.05, 0.1) is 22.0 Å². The molecule has 0 aliphatic rings. The Morgan fingerprint density at radius 3 is 2.57 bits per heavy atom. The van der Waals surface area contributed by atoms with E-state index < -0.39 is 49.9 Å². The molecule has 6 nitrogen and oxygen atoms in total. The van der Waals surface area contributed by atoms with Gasteiger partial charge in [-0.2, -0.15) is 18.4 Å². The lowest BCUT2D eigenvalue weighted by Crippen LogP contribution is -2.12. The molecule has 0 aliphatic carbocycles. The van der Waals surface area contributed by atoms with Gasteiger partial charge in [0.25, 0.3) is 5.69 Å². The van der Waals surface area contributed by atoms with E-state index in [4.69, 9.17) is 5.26 Å². The van der Waals surface area contributed by atoms with Gasteiger partial charge in [0, 0.05) is 6.07 Å². The maximum atomic E-state index is 12.6. The molecule has 1 rings (SSSR count). The zero-order valence-corrected chi connectivity index (χ0v) is 11.2. The molecule has 0 atom stereocenters. The van der Waals surface area contributed by atoms with Crippen LogP contribution in [-0.2, 0) is 4.74 Å². The first-order valence-corrected chi connectivity index (χ1v) is 6.17. The Bertz CT molecular complexity index is 625. The fourth-order valence-electron chi connectivity index (χ4n) is 1.43. The molecule has 0 heterocycles. The van der Waals surface area contributed by atoms with Crippen molar-refractivity contribution in [1.82, 2.24) is 0 Å². The number of rotatable bonds is 4. The molecule has 112 valence electrons. The van der Waals surface area contributed by atoms with Crippen LogP contribution < -0.4 is 0 Å². The number of hydrogen-bond donors (Lipinski definition) is 0. The molecule has 0 aliphatic heterocycles. The van der Waals surface area contributed by atoms with Gasteiger partial charge in [0.15, 0.2) is 5.56 Å². The summed E-state index contributed by atoms with van der Waals surface area (Å²) in [7, 11) is 0. The SMILES string of the molecule is CCOC(=O)c1c([N+](=O)[O-])ccc(C#N)c1SC(F)(F)F. The van der Waals surface area contributed by atoms with E-state index in [1.807, 2.05) is 0 Å². The number of nitriles is 1. The summed E-state index contributed by atoms with van der Waals surface area (Å²) in [5, 5.41) is 19.7. The Morgan fingerprint density at radius 1 is 1.52 bits per heavy atom. The number of halogens is 3. The molecule has 0 saturated heterocycles. The van der Waals surface area contributed by atoms with Crippen LogP contribution in [0.25, 0.3) is 0 Å². The molecule has 0 saturated carbocycles. The van der Waals surface area contributed by atoms with E-state index in [2.05, 4.69) is 4.74 Å². The molecule has 0 fully saturated rings. The first-order valence-electron chi connectivity index (χ1n) is 5.35. The van der Waals surface area contributed by atoms with Crippen molar-refractivity contribution < 1.29 is 27.6 Å². The number of benzene rings is 1. The molecule has 1 aromatic rings. The molecule has 1 aromatic carbocycles. The second kappa shape index (κ2) is 6.45. The summed E-state index contributed by atoms with van der Waals surface area (Å²) in [5.74, 6) is -1.28. The van der Waals surface area contributed by atoms with Crippen LogP contribution in [0.5, 0.6) is 0 Å². The standard InChI is InChI=1S/C11H7F3N2O4S/c1-2-20-10(17)8-7(16(18)19)4-3-6(5-15)9(8)21-11(12,13)14/h3-4H,2H2,1H3. The van der Waals surface area contributed by atoms with Crippen molar-refractivity contribution >= 4 is 23.4 Å². The predicted molar refractivity (Wildman–Crippen MR) is 65.7 cm³/mol. The number of alkyl halides is 3. The van der Waals surface area contributed by atoms with Crippen LogP contribution >= 0.6 is 11.8 Å². The Morgan fingerprint density at radius 2 is 2.14 bits per heavy atom. The van der Waals surface area contributed by atoms with Crippen molar-refractivity contribution in [3.8, 4) is 6.07 Å². The summed E-state index contributed by atoms with van der Waals surface area (Å²) in [6.07, 6.45) is 0. The van der Waals surface area contributed by atoms with Crippen molar-refractivity contribution in [2.24, 2.45) is 0 Å². The van der Waals surface area contributed by atoms with Crippen molar-refractivity contribution in [1.29, 1.82) is 5.26 Å². The molecule has 0 amide bonds. The molecule has 0 spiro atoms. The van der Waals surface area contributed by atoms with Crippen molar-refractivity contribution in [2.75, 3.05) is 6.61 Å². The van der Waals surface area contributed by atoms with Crippen molar-refractivity contribution in [3.05, 3.63) is 33.4 Å². The molecule has 0 radical (unpaired) electrons. The average Bonchev–Trinajstić information content (AvgIpc) is 2.36. The minimum Gasteiger partial charge on any atom is -0.462 e. The molecule has 10 heteroatoms. The minimum atomic E-state index is -4.82. The quantitative estimate of drug-likeness (QED) is 0.366. The van der Waals surface area contributed by atoms with Crippen LogP contribution in [0, 0.1) is 21.4 Å². The second-order valence-electron chi connectivity index (χ2n) is 3.47. The minimum absolute atomic E-state index is 0.178. The topological polar surface area (TPSA) is 93.2 Å². The highest BCUT2D eigenvalue weighted by molar-refractivity contribution is 8.00. The molecule has 0 N–H and O–H groups in total. The first kappa shape index (κ1) is 16.8. The van der Waals surface area contributed by atoms with Crippen LogP contribution in [0.2, 0.25) is 0 Å². The zero-order chi connectivity index (χ0) is 16.2. The largest absolute Gasteiger partial charge is 0.462 e. The number of esters is 1. The van der Waals surface area contributed by atoms with E-state index in [1.54, 1.807) is 0 Å². The van der Waals surface area contributed by atoms with Crippen molar-refractivity contribution in [2.45, 2.75) is 17.3 Å². The van der Waals surface area contributed by atoms with E-state index in [1.165, 1.54) is 13.0 Å². The van der Waals surface area contributed by atoms with E-state index in [9.17, 15) is 28.1 Å².